The summed E-state index contributed by atoms with van der Waals surface area (Å²) >= 11 is 0. The van der Waals surface area contributed by atoms with Crippen molar-refractivity contribution in [2.24, 2.45) is 0 Å². The molecule has 2 atom stereocenters. The fourth-order valence-corrected chi connectivity index (χ4v) is 5.26. The number of aromatic nitrogens is 5. The molecule has 13 nitrogen and oxygen atoms in total. The van der Waals surface area contributed by atoms with Gasteiger partial charge in [0.25, 0.3) is 0 Å². The Balaban J connectivity index is 1.75. The predicted molar refractivity (Wildman–Crippen MR) is 194 cm³/mol. The summed E-state index contributed by atoms with van der Waals surface area (Å²) in [4.78, 5) is 43.1. The fourth-order valence-electron chi connectivity index (χ4n) is 5.26. The Morgan fingerprint density at radius 3 is 2.04 bits per heavy atom. The van der Waals surface area contributed by atoms with Crippen molar-refractivity contribution in [3.8, 4) is 11.8 Å². The number of alkyl carbamates (subject to hydrolysis) is 2. The Morgan fingerprint density at radius 2 is 1.44 bits per heavy atom. The molecule has 2 amide bonds. The number of unbranched alkanes of at least 4 members (excludes halogenated alkanes) is 1. The molecule has 2 N–H and O–H groups in total. The first-order valence-electron chi connectivity index (χ1n) is 17.6. The number of ether oxygens (including phenoxy) is 3. The molecule has 0 bridgehead atoms. The van der Waals surface area contributed by atoms with Gasteiger partial charge in [-0.15, -0.1) is 5.10 Å². The maximum atomic E-state index is 17.4. The third-order valence-corrected chi connectivity index (χ3v) is 7.77. The summed E-state index contributed by atoms with van der Waals surface area (Å²) < 4.78 is 95.2. The number of benzene rings is 2. The van der Waals surface area contributed by atoms with Gasteiger partial charge in [0.15, 0.2) is 0 Å². The third kappa shape index (κ3) is 12.4. The van der Waals surface area contributed by atoms with E-state index in [4.69, 9.17) is 14.2 Å². The van der Waals surface area contributed by atoms with Gasteiger partial charge in [-0.1, -0.05) is 11.8 Å². The van der Waals surface area contributed by atoms with E-state index in [9.17, 15) is 23.2 Å². The molecule has 0 saturated heterocycles. The first-order valence-corrected chi connectivity index (χ1v) is 17.6. The van der Waals surface area contributed by atoms with Crippen molar-refractivity contribution >= 4 is 18.2 Å². The average Bonchev–Trinajstić information content (AvgIpc) is 3.62. The van der Waals surface area contributed by atoms with Crippen LogP contribution < -0.4 is 10.6 Å². The average molecular weight is 800 g/mol. The number of amides is 2. The van der Waals surface area contributed by atoms with Gasteiger partial charge in [0.05, 0.1) is 6.54 Å². The second kappa shape index (κ2) is 18.2. The van der Waals surface area contributed by atoms with E-state index < -0.39 is 82.2 Å². The molecule has 0 aliphatic heterocycles. The zero-order chi connectivity index (χ0) is 42.0. The second-order valence-electron chi connectivity index (χ2n) is 14.8. The molecule has 2 aromatic heterocycles. The van der Waals surface area contributed by atoms with Gasteiger partial charge < -0.3 is 24.8 Å². The SMILES string of the molecule is CC(C)(C)OC(=O)NCCCC[C@H](NC(=O)OC(C)(C)C)C(=O)OC(Cn1cnnn1)(c1ccc(F)cc1F)C(F)(F)c1ccc(C#Cc2ccc(F)cc2)cn1. The summed E-state index contributed by atoms with van der Waals surface area (Å²) in [6.07, 6.45) is 0.251. The van der Waals surface area contributed by atoms with Gasteiger partial charge in [-0.2, -0.15) is 8.78 Å². The molecular formula is C39H42F5N7O6. The fraction of sp³-hybridized carbons (Fsp3) is 0.410. The van der Waals surface area contributed by atoms with Crippen molar-refractivity contribution < 1.29 is 50.5 Å². The van der Waals surface area contributed by atoms with E-state index in [1.165, 1.54) is 30.3 Å². The molecule has 0 radical (unpaired) electrons. The number of rotatable bonds is 13. The largest absolute Gasteiger partial charge is 0.444 e. The van der Waals surface area contributed by atoms with Gasteiger partial charge in [0.1, 0.15) is 46.7 Å². The number of esters is 1. The number of hydrogen-bond donors (Lipinski definition) is 2. The zero-order valence-electron chi connectivity index (χ0n) is 32.0. The van der Waals surface area contributed by atoms with Gasteiger partial charge in [0, 0.05) is 35.5 Å². The number of alkyl halides is 2. The van der Waals surface area contributed by atoms with Crippen LogP contribution in [0.15, 0.2) is 67.1 Å². The third-order valence-electron chi connectivity index (χ3n) is 7.77. The minimum atomic E-state index is -4.44. The van der Waals surface area contributed by atoms with E-state index in [1.54, 1.807) is 41.5 Å². The van der Waals surface area contributed by atoms with Gasteiger partial charge in [0.2, 0.25) is 5.60 Å². The highest BCUT2D eigenvalue weighted by atomic mass is 19.3. The lowest BCUT2D eigenvalue weighted by atomic mass is 9.83. The normalized spacial score (nSPS) is 13.3. The van der Waals surface area contributed by atoms with Crippen molar-refractivity contribution in [1.82, 2.24) is 35.8 Å². The molecule has 0 spiro atoms. The number of carbonyl (C=O) groups excluding carboxylic acids is 3. The molecule has 18 heteroatoms. The number of nitrogens with zero attached hydrogens (tertiary/aromatic N) is 5. The van der Waals surface area contributed by atoms with E-state index in [0.29, 0.717) is 23.8 Å². The molecular weight excluding hydrogens is 757 g/mol. The van der Waals surface area contributed by atoms with E-state index in [0.717, 1.165) is 23.3 Å². The van der Waals surface area contributed by atoms with Crippen LogP contribution in [0.25, 0.3) is 0 Å². The van der Waals surface area contributed by atoms with Gasteiger partial charge in [-0.3, -0.25) is 4.98 Å². The standard InChI is InChI=1S/C39H42F5N7O6/c1-36(2,3)56-34(53)45-20-8-7-9-31(48-35(54)57-37(4,5)6)33(52)55-38(23-51-24-47-49-50-51,29-18-17-28(41)21-30(29)42)39(43,44)32-19-14-26(22-46-32)11-10-25-12-15-27(40)16-13-25/h12-19,21-22,24,31H,7-9,20,23H2,1-6H3,(H,45,53)(H,48,54)/t31-,38?/m0/s1. The summed E-state index contributed by atoms with van der Waals surface area (Å²) in [7, 11) is 0. The molecule has 0 saturated carbocycles. The van der Waals surface area contributed by atoms with Crippen LogP contribution in [-0.4, -0.2) is 67.1 Å². The summed E-state index contributed by atoms with van der Waals surface area (Å²) in [5, 5.41) is 15.5. The first-order chi connectivity index (χ1) is 26.7. The van der Waals surface area contributed by atoms with Crippen LogP contribution in [0.1, 0.15) is 83.2 Å². The maximum absolute atomic E-state index is 17.4. The highest BCUT2D eigenvalue weighted by molar-refractivity contribution is 5.82. The van der Waals surface area contributed by atoms with Crippen LogP contribution in [0.2, 0.25) is 0 Å². The van der Waals surface area contributed by atoms with E-state index in [-0.39, 0.29) is 31.4 Å². The minimum absolute atomic E-state index is 0.0845. The molecule has 304 valence electrons. The molecule has 0 fully saturated rings. The topological polar surface area (TPSA) is 159 Å². The van der Waals surface area contributed by atoms with Crippen LogP contribution in [0.3, 0.4) is 0 Å². The summed E-state index contributed by atoms with van der Waals surface area (Å²) in [5.74, 6) is -3.52. The Kier molecular flexibility index (Phi) is 13.9. The number of hydrogen-bond acceptors (Lipinski definition) is 10. The molecule has 4 aromatic rings. The molecule has 0 aliphatic carbocycles. The quantitative estimate of drug-likeness (QED) is 0.0490. The lowest BCUT2D eigenvalue weighted by Crippen LogP contribution is -2.54. The van der Waals surface area contributed by atoms with E-state index in [1.807, 2.05) is 0 Å². The van der Waals surface area contributed by atoms with Crippen LogP contribution in [0, 0.1) is 29.3 Å². The summed E-state index contributed by atoms with van der Waals surface area (Å²) in [5.41, 5.74) is -6.59. The van der Waals surface area contributed by atoms with Gasteiger partial charge in [-0.25, -0.2) is 32.2 Å². The Labute approximate surface area is 325 Å². The zero-order valence-corrected chi connectivity index (χ0v) is 32.0. The minimum Gasteiger partial charge on any atom is -0.444 e. The van der Waals surface area contributed by atoms with Gasteiger partial charge >= 0.3 is 24.1 Å². The Bertz CT molecular complexity index is 2060. The Hall–Kier alpha value is -6.12. The molecule has 0 aliphatic rings. The highest BCUT2D eigenvalue weighted by Crippen LogP contribution is 2.50. The van der Waals surface area contributed by atoms with Crippen molar-refractivity contribution in [3.63, 3.8) is 0 Å². The Morgan fingerprint density at radius 1 is 0.807 bits per heavy atom. The second-order valence-corrected chi connectivity index (χ2v) is 14.8. The molecule has 2 aromatic carbocycles. The highest BCUT2D eigenvalue weighted by Gasteiger charge is 2.62. The summed E-state index contributed by atoms with van der Waals surface area (Å²) in [6, 6.07) is 7.36. The maximum Gasteiger partial charge on any atom is 0.408 e. The number of nitrogens with one attached hydrogen (secondary N) is 2. The van der Waals surface area contributed by atoms with Gasteiger partial charge in [-0.05, 0) is 120 Å². The lowest BCUT2D eigenvalue weighted by molar-refractivity contribution is -0.234. The number of pyridine rings is 1. The molecule has 1 unspecified atom stereocenters. The van der Waals surface area contributed by atoms with Crippen LogP contribution in [0.5, 0.6) is 0 Å². The number of halogens is 5. The number of carbonyl (C=O) groups is 3. The molecule has 2 heterocycles. The van der Waals surface area contributed by atoms with Crippen LogP contribution in [0.4, 0.5) is 31.5 Å². The predicted octanol–water partition coefficient (Wildman–Crippen LogP) is 6.70. The first kappa shape index (κ1) is 43.6. The molecule has 4 rings (SSSR count). The smallest absolute Gasteiger partial charge is 0.408 e. The lowest BCUT2D eigenvalue weighted by Gasteiger charge is -2.40. The van der Waals surface area contributed by atoms with Crippen LogP contribution in [-0.2, 0) is 37.1 Å². The van der Waals surface area contributed by atoms with Crippen molar-refractivity contribution in [3.05, 3.63) is 107 Å². The number of tetrazole rings is 1. The monoisotopic (exact) mass is 799 g/mol. The van der Waals surface area contributed by atoms with Crippen molar-refractivity contribution in [2.75, 3.05) is 6.54 Å². The van der Waals surface area contributed by atoms with Crippen LogP contribution >= 0.6 is 0 Å². The van der Waals surface area contributed by atoms with E-state index >= 15 is 13.2 Å². The van der Waals surface area contributed by atoms with Crippen molar-refractivity contribution in [2.45, 2.75) is 96.1 Å². The molecule has 57 heavy (non-hydrogen) atoms. The summed E-state index contributed by atoms with van der Waals surface area (Å²) in [6.45, 7) is 8.68. The van der Waals surface area contributed by atoms with E-state index in [2.05, 4.69) is 43.0 Å². The van der Waals surface area contributed by atoms with Crippen molar-refractivity contribution in [1.29, 1.82) is 0 Å².